The van der Waals surface area contributed by atoms with Crippen LogP contribution in [0, 0.1) is 11.6 Å². The normalized spacial score (nSPS) is 12.2. The Bertz CT molecular complexity index is 1190. The minimum absolute atomic E-state index is 0.167. The molecule has 0 aliphatic carbocycles. The van der Waals surface area contributed by atoms with Gasteiger partial charge in [0.15, 0.2) is 0 Å². The molecule has 1 atom stereocenters. The lowest BCUT2D eigenvalue weighted by molar-refractivity contribution is 0.100. The van der Waals surface area contributed by atoms with Gasteiger partial charge in [-0.2, -0.15) is 0 Å². The number of carbonyl (C=O) groups excluding carboxylic acids is 1. The molecule has 4 N–H and O–H groups in total. The first-order valence-corrected chi connectivity index (χ1v) is 8.45. The number of aliphatic hydroxyl groups excluding tert-OH is 1. The lowest BCUT2D eigenvalue weighted by Gasteiger charge is -2.13. The second-order valence-corrected chi connectivity index (χ2v) is 6.34. The van der Waals surface area contributed by atoms with Crippen LogP contribution in [0.4, 0.5) is 8.78 Å². The average Bonchev–Trinajstić information content (AvgIpc) is 3.13. The van der Waals surface area contributed by atoms with Gasteiger partial charge in [-0.25, -0.2) is 13.8 Å². The third-order valence-electron chi connectivity index (χ3n) is 4.63. The summed E-state index contributed by atoms with van der Waals surface area (Å²) in [7, 11) is 0. The second kappa shape index (κ2) is 6.86. The molecule has 0 fully saturated rings. The van der Waals surface area contributed by atoms with Gasteiger partial charge in [0, 0.05) is 34.5 Å². The highest BCUT2D eigenvalue weighted by Crippen LogP contribution is 2.36. The maximum absolute atomic E-state index is 14.2. The molecule has 0 radical (unpaired) electrons. The lowest BCUT2D eigenvalue weighted by Crippen LogP contribution is -2.10. The third-order valence-corrected chi connectivity index (χ3v) is 4.63. The van der Waals surface area contributed by atoms with Crippen molar-refractivity contribution in [3.63, 3.8) is 0 Å². The first-order chi connectivity index (χ1) is 13.5. The fourth-order valence-electron chi connectivity index (χ4n) is 3.24. The summed E-state index contributed by atoms with van der Waals surface area (Å²) in [6, 6.07) is 11.3. The number of nitrogens with two attached hydrogens (primary N) is 1. The molecule has 28 heavy (non-hydrogen) atoms. The summed E-state index contributed by atoms with van der Waals surface area (Å²) in [5.74, 6) is -1.89. The van der Waals surface area contributed by atoms with Crippen LogP contribution in [-0.4, -0.2) is 21.0 Å². The fraction of sp³-hybridized carbons (Fsp3) is 0.0476. The quantitative estimate of drug-likeness (QED) is 0.505. The highest BCUT2D eigenvalue weighted by atomic mass is 19.1. The standard InChI is InChI=1S/C21H15F2N3O2/c22-13-5-6-17(23)15(9-13)19(27)16-10-26-21-18(16)14(7-8-25-21)11-1-3-12(4-2-11)20(24)28/h1-10,19,27H,(H2,24,28)(H,25,26). The van der Waals surface area contributed by atoms with E-state index in [2.05, 4.69) is 9.97 Å². The molecule has 7 heteroatoms. The molecule has 4 aromatic rings. The molecule has 2 heterocycles. The van der Waals surface area contributed by atoms with Crippen LogP contribution in [0.25, 0.3) is 22.2 Å². The summed E-state index contributed by atoms with van der Waals surface area (Å²) in [6.45, 7) is 0. The van der Waals surface area contributed by atoms with E-state index in [1.807, 2.05) is 0 Å². The van der Waals surface area contributed by atoms with Crippen molar-refractivity contribution in [2.75, 3.05) is 0 Å². The van der Waals surface area contributed by atoms with Gasteiger partial charge >= 0.3 is 0 Å². The van der Waals surface area contributed by atoms with Crippen molar-refractivity contribution in [2.45, 2.75) is 6.10 Å². The van der Waals surface area contributed by atoms with Crippen LogP contribution in [0.2, 0.25) is 0 Å². The molecule has 0 aliphatic rings. The van der Waals surface area contributed by atoms with Crippen LogP contribution in [0.3, 0.4) is 0 Å². The number of fused-ring (bicyclic) bond motifs is 1. The summed E-state index contributed by atoms with van der Waals surface area (Å²) < 4.78 is 27.7. The number of nitrogens with one attached hydrogen (secondary N) is 1. The van der Waals surface area contributed by atoms with E-state index in [0.29, 0.717) is 27.7 Å². The number of aromatic amines is 1. The van der Waals surface area contributed by atoms with Crippen molar-refractivity contribution in [1.82, 2.24) is 9.97 Å². The Hall–Kier alpha value is -3.58. The predicted octanol–water partition coefficient (Wildman–Crippen LogP) is 3.69. The Morgan fingerprint density at radius 3 is 2.54 bits per heavy atom. The number of pyridine rings is 1. The maximum Gasteiger partial charge on any atom is 0.248 e. The summed E-state index contributed by atoms with van der Waals surface area (Å²) >= 11 is 0. The summed E-state index contributed by atoms with van der Waals surface area (Å²) in [4.78, 5) is 18.5. The van der Waals surface area contributed by atoms with Gasteiger partial charge in [-0.15, -0.1) is 0 Å². The molecule has 1 unspecified atom stereocenters. The maximum atomic E-state index is 14.2. The number of amides is 1. The van der Waals surface area contributed by atoms with Gasteiger partial charge in [0.05, 0.1) is 0 Å². The molecular weight excluding hydrogens is 364 g/mol. The Labute approximate surface area is 158 Å². The fourth-order valence-corrected chi connectivity index (χ4v) is 3.24. The van der Waals surface area contributed by atoms with Crippen LogP contribution >= 0.6 is 0 Å². The number of nitrogens with zero attached hydrogens (tertiary/aromatic N) is 1. The highest BCUT2D eigenvalue weighted by molar-refractivity contribution is 5.97. The zero-order valence-corrected chi connectivity index (χ0v) is 14.5. The van der Waals surface area contributed by atoms with Crippen molar-refractivity contribution >= 4 is 16.9 Å². The number of aliphatic hydroxyl groups is 1. The number of benzene rings is 2. The summed E-state index contributed by atoms with van der Waals surface area (Å²) in [5, 5.41) is 11.3. The van der Waals surface area contributed by atoms with E-state index in [1.165, 1.54) is 6.20 Å². The van der Waals surface area contributed by atoms with Crippen molar-refractivity contribution < 1.29 is 18.7 Å². The molecule has 2 aromatic carbocycles. The van der Waals surface area contributed by atoms with Crippen molar-refractivity contribution in [3.05, 3.63) is 89.2 Å². The minimum atomic E-state index is -1.39. The van der Waals surface area contributed by atoms with E-state index in [0.717, 1.165) is 23.8 Å². The van der Waals surface area contributed by atoms with E-state index in [-0.39, 0.29) is 5.56 Å². The molecule has 0 aliphatic heterocycles. The number of hydrogen-bond acceptors (Lipinski definition) is 3. The van der Waals surface area contributed by atoms with E-state index < -0.39 is 23.6 Å². The number of hydrogen-bond donors (Lipinski definition) is 3. The molecular formula is C21H15F2N3O2. The van der Waals surface area contributed by atoms with Gasteiger partial charge in [-0.05, 0) is 47.5 Å². The number of primary amides is 1. The molecule has 5 nitrogen and oxygen atoms in total. The van der Waals surface area contributed by atoms with Crippen LogP contribution < -0.4 is 5.73 Å². The Balaban J connectivity index is 1.87. The van der Waals surface area contributed by atoms with Crippen molar-refractivity contribution in [2.24, 2.45) is 5.73 Å². The molecule has 0 bridgehead atoms. The summed E-state index contributed by atoms with van der Waals surface area (Å²) in [5.41, 5.74) is 7.80. The molecule has 0 saturated carbocycles. The van der Waals surface area contributed by atoms with Crippen LogP contribution in [0.5, 0.6) is 0 Å². The molecule has 2 aromatic heterocycles. The topological polar surface area (TPSA) is 92.0 Å². The Kier molecular flexibility index (Phi) is 4.37. The SMILES string of the molecule is NC(=O)c1ccc(-c2ccnc3[nH]cc(C(O)c4cc(F)ccc4F)c23)cc1. The average molecular weight is 379 g/mol. The van der Waals surface area contributed by atoms with E-state index in [4.69, 9.17) is 5.73 Å². The Morgan fingerprint density at radius 1 is 1.07 bits per heavy atom. The van der Waals surface area contributed by atoms with Gasteiger partial charge in [-0.3, -0.25) is 4.79 Å². The Morgan fingerprint density at radius 2 is 1.82 bits per heavy atom. The molecule has 0 spiro atoms. The van der Waals surface area contributed by atoms with Gasteiger partial charge in [0.25, 0.3) is 0 Å². The van der Waals surface area contributed by atoms with Crippen LogP contribution in [-0.2, 0) is 0 Å². The predicted molar refractivity (Wildman–Crippen MR) is 100 cm³/mol. The minimum Gasteiger partial charge on any atom is -0.383 e. The summed E-state index contributed by atoms with van der Waals surface area (Å²) in [6.07, 6.45) is 1.72. The highest BCUT2D eigenvalue weighted by Gasteiger charge is 2.22. The lowest BCUT2D eigenvalue weighted by atomic mass is 9.95. The zero-order valence-electron chi connectivity index (χ0n) is 14.5. The monoisotopic (exact) mass is 379 g/mol. The smallest absolute Gasteiger partial charge is 0.248 e. The van der Waals surface area contributed by atoms with Gasteiger partial charge in [0.2, 0.25) is 5.91 Å². The number of halogens is 2. The zero-order chi connectivity index (χ0) is 19.8. The van der Waals surface area contributed by atoms with Crippen molar-refractivity contribution in [3.8, 4) is 11.1 Å². The second-order valence-electron chi connectivity index (χ2n) is 6.34. The number of H-pyrrole nitrogens is 1. The molecule has 140 valence electrons. The van der Waals surface area contributed by atoms with Gasteiger partial charge in [0.1, 0.15) is 23.4 Å². The van der Waals surface area contributed by atoms with Gasteiger partial charge in [-0.1, -0.05) is 12.1 Å². The third kappa shape index (κ3) is 3.01. The number of rotatable bonds is 4. The van der Waals surface area contributed by atoms with E-state index in [9.17, 15) is 18.7 Å². The van der Waals surface area contributed by atoms with Crippen LogP contribution in [0.1, 0.15) is 27.6 Å². The molecule has 0 saturated heterocycles. The van der Waals surface area contributed by atoms with Gasteiger partial charge < -0.3 is 15.8 Å². The number of carbonyl (C=O) groups is 1. The largest absolute Gasteiger partial charge is 0.383 e. The first-order valence-electron chi connectivity index (χ1n) is 8.45. The van der Waals surface area contributed by atoms with E-state index in [1.54, 1.807) is 36.5 Å². The molecule has 1 amide bonds. The number of aromatic nitrogens is 2. The van der Waals surface area contributed by atoms with Crippen molar-refractivity contribution in [1.29, 1.82) is 0 Å². The van der Waals surface area contributed by atoms with E-state index >= 15 is 0 Å². The van der Waals surface area contributed by atoms with Crippen LogP contribution in [0.15, 0.2) is 60.9 Å². The molecule has 4 rings (SSSR count). The first kappa shape index (κ1) is 17.8.